The molecule has 8 heteroatoms. The number of fused-ring (bicyclic) bond motifs is 2. The predicted octanol–water partition coefficient (Wildman–Crippen LogP) is 3.20. The number of carbonyl (C=O) groups is 1. The lowest BCUT2D eigenvalue weighted by molar-refractivity contribution is -0.121. The Morgan fingerprint density at radius 1 is 1.14 bits per heavy atom. The Morgan fingerprint density at radius 3 is 2.79 bits per heavy atom. The fraction of sp³-hybridized carbons (Fsp3) is 0.300. The molecular weight excluding hydrogens is 376 g/mol. The molecule has 0 aromatic carbocycles. The topological polar surface area (TPSA) is 76.6 Å². The van der Waals surface area contributed by atoms with Gasteiger partial charge in [0.25, 0.3) is 0 Å². The van der Waals surface area contributed by atoms with Crippen molar-refractivity contribution >= 4 is 28.8 Å². The van der Waals surface area contributed by atoms with Crippen LogP contribution in [0.25, 0.3) is 11.3 Å². The Morgan fingerprint density at radius 2 is 1.96 bits per heavy atom. The first-order valence-electron chi connectivity index (χ1n) is 9.13. The molecule has 0 saturated carbocycles. The fourth-order valence-electron chi connectivity index (χ4n) is 3.42. The molecule has 4 heterocycles. The normalized spacial score (nSPS) is 11.4. The molecule has 0 bridgehead atoms. The van der Waals surface area contributed by atoms with E-state index in [1.54, 1.807) is 12.3 Å². The molecule has 0 aliphatic carbocycles. The van der Waals surface area contributed by atoms with Gasteiger partial charge in [0.2, 0.25) is 5.91 Å². The van der Waals surface area contributed by atoms with Gasteiger partial charge in [0, 0.05) is 36.3 Å². The van der Waals surface area contributed by atoms with Crippen LogP contribution in [0.2, 0.25) is 5.02 Å². The Balaban J connectivity index is 1.40. The molecule has 1 amide bonds. The van der Waals surface area contributed by atoms with Crippen molar-refractivity contribution in [3.05, 3.63) is 64.0 Å². The van der Waals surface area contributed by atoms with Gasteiger partial charge in [0.1, 0.15) is 5.65 Å². The summed E-state index contributed by atoms with van der Waals surface area (Å²) in [5, 5.41) is 8.06. The zero-order valence-electron chi connectivity index (χ0n) is 16.0. The second-order valence-electron chi connectivity index (χ2n) is 6.94. The van der Waals surface area contributed by atoms with Crippen molar-refractivity contribution < 1.29 is 4.79 Å². The number of aryl methyl sites for hydroxylation is 3. The predicted molar refractivity (Wildman–Crippen MR) is 108 cm³/mol. The Kier molecular flexibility index (Phi) is 4.77. The van der Waals surface area contributed by atoms with Gasteiger partial charge in [0.05, 0.1) is 23.0 Å². The highest BCUT2D eigenvalue weighted by molar-refractivity contribution is 6.30. The van der Waals surface area contributed by atoms with Crippen LogP contribution in [-0.2, 0) is 17.8 Å². The number of nitrogens with zero attached hydrogens (tertiary/aromatic N) is 5. The molecule has 0 unspecified atom stereocenters. The maximum absolute atomic E-state index is 12.3. The van der Waals surface area contributed by atoms with Gasteiger partial charge in [-0.25, -0.2) is 14.5 Å². The number of amides is 1. The summed E-state index contributed by atoms with van der Waals surface area (Å²) in [6.45, 7) is 6.32. The van der Waals surface area contributed by atoms with Crippen LogP contribution < -0.4 is 5.32 Å². The minimum absolute atomic E-state index is 0.0226. The number of halogens is 1. The summed E-state index contributed by atoms with van der Waals surface area (Å²) in [6.07, 6.45) is 4.66. The van der Waals surface area contributed by atoms with Gasteiger partial charge in [-0.3, -0.25) is 4.79 Å². The van der Waals surface area contributed by atoms with Crippen LogP contribution in [0, 0.1) is 20.8 Å². The Hall–Kier alpha value is -2.93. The maximum atomic E-state index is 12.3. The van der Waals surface area contributed by atoms with Gasteiger partial charge in [-0.1, -0.05) is 11.6 Å². The van der Waals surface area contributed by atoms with E-state index < -0.39 is 0 Å². The van der Waals surface area contributed by atoms with E-state index in [9.17, 15) is 4.79 Å². The molecule has 1 N–H and O–H groups in total. The van der Waals surface area contributed by atoms with Gasteiger partial charge >= 0.3 is 0 Å². The molecule has 0 saturated heterocycles. The maximum Gasteiger partial charge on any atom is 0.220 e. The van der Waals surface area contributed by atoms with E-state index in [4.69, 9.17) is 11.6 Å². The number of hydrogen-bond acceptors (Lipinski definition) is 4. The van der Waals surface area contributed by atoms with Crippen molar-refractivity contribution in [2.75, 3.05) is 0 Å². The van der Waals surface area contributed by atoms with E-state index in [1.807, 2.05) is 48.0 Å². The quantitative estimate of drug-likeness (QED) is 0.562. The van der Waals surface area contributed by atoms with Crippen molar-refractivity contribution in [2.45, 2.75) is 40.2 Å². The number of pyridine rings is 1. The first kappa shape index (κ1) is 18.4. The molecule has 0 spiro atoms. The van der Waals surface area contributed by atoms with E-state index in [0.29, 0.717) is 24.4 Å². The lowest BCUT2D eigenvalue weighted by Gasteiger charge is -2.11. The standard InChI is InChI=1S/C20H21ClN6O/c1-12-8-19-23-13(2)17(14(3)27(19)25-12)5-7-20(28)22-9-16-11-26-10-15(21)4-6-18(26)24-16/h4,6,8,10-11H,5,7,9H2,1-3H3,(H,22,28). The van der Waals surface area contributed by atoms with Crippen LogP contribution in [0.15, 0.2) is 30.6 Å². The van der Waals surface area contributed by atoms with Crippen LogP contribution in [-0.4, -0.2) is 29.9 Å². The van der Waals surface area contributed by atoms with E-state index in [0.717, 1.165) is 39.6 Å². The summed E-state index contributed by atoms with van der Waals surface area (Å²) in [5.41, 5.74) is 6.39. The number of nitrogens with one attached hydrogen (secondary N) is 1. The second-order valence-corrected chi connectivity index (χ2v) is 7.38. The molecule has 0 atom stereocenters. The lowest BCUT2D eigenvalue weighted by Crippen LogP contribution is -2.23. The summed E-state index contributed by atoms with van der Waals surface area (Å²) < 4.78 is 3.70. The van der Waals surface area contributed by atoms with Gasteiger partial charge in [-0.2, -0.15) is 5.10 Å². The highest BCUT2D eigenvalue weighted by Crippen LogP contribution is 2.17. The molecule has 0 aliphatic rings. The van der Waals surface area contributed by atoms with Crippen LogP contribution in [0.1, 0.15) is 34.8 Å². The minimum Gasteiger partial charge on any atom is -0.350 e. The fourth-order valence-corrected chi connectivity index (χ4v) is 3.59. The molecule has 0 aliphatic heterocycles. The third-order valence-corrected chi connectivity index (χ3v) is 5.04. The van der Waals surface area contributed by atoms with E-state index in [1.165, 1.54) is 0 Å². The SMILES string of the molecule is Cc1cc2nc(C)c(CCC(=O)NCc3cn4cc(Cl)ccc4n3)c(C)n2n1. The molecule has 144 valence electrons. The van der Waals surface area contributed by atoms with Crippen LogP contribution >= 0.6 is 11.6 Å². The van der Waals surface area contributed by atoms with Crippen molar-refractivity contribution in [2.24, 2.45) is 0 Å². The molecule has 4 rings (SSSR count). The summed E-state index contributed by atoms with van der Waals surface area (Å²) in [7, 11) is 0. The summed E-state index contributed by atoms with van der Waals surface area (Å²) in [4.78, 5) is 21.4. The zero-order valence-corrected chi connectivity index (χ0v) is 16.8. The molecular formula is C20H21ClN6O. The summed E-state index contributed by atoms with van der Waals surface area (Å²) >= 11 is 5.99. The number of hydrogen-bond donors (Lipinski definition) is 1. The highest BCUT2D eigenvalue weighted by Gasteiger charge is 2.13. The molecule has 28 heavy (non-hydrogen) atoms. The van der Waals surface area contributed by atoms with Crippen molar-refractivity contribution in [3.63, 3.8) is 0 Å². The number of aromatic nitrogens is 5. The monoisotopic (exact) mass is 396 g/mol. The lowest BCUT2D eigenvalue weighted by atomic mass is 10.1. The largest absolute Gasteiger partial charge is 0.350 e. The molecule has 0 fully saturated rings. The third-order valence-electron chi connectivity index (χ3n) is 4.82. The smallest absolute Gasteiger partial charge is 0.220 e. The van der Waals surface area contributed by atoms with E-state index in [2.05, 4.69) is 20.4 Å². The molecule has 4 aromatic heterocycles. The van der Waals surface area contributed by atoms with Crippen LogP contribution in [0.4, 0.5) is 0 Å². The van der Waals surface area contributed by atoms with Crippen LogP contribution in [0.3, 0.4) is 0 Å². The Labute approximate surface area is 167 Å². The van der Waals surface area contributed by atoms with Crippen molar-refractivity contribution in [1.29, 1.82) is 0 Å². The molecule has 4 aromatic rings. The number of rotatable bonds is 5. The summed E-state index contributed by atoms with van der Waals surface area (Å²) in [6, 6.07) is 5.60. The zero-order chi connectivity index (χ0) is 19.8. The number of imidazole rings is 1. The van der Waals surface area contributed by atoms with Gasteiger partial charge < -0.3 is 9.72 Å². The highest BCUT2D eigenvalue weighted by atomic mass is 35.5. The van der Waals surface area contributed by atoms with Crippen LogP contribution in [0.5, 0.6) is 0 Å². The average molecular weight is 397 g/mol. The average Bonchev–Trinajstić information content (AvgIpc) is 3.21. The summed E-state index contributed by atoms with van der Waals surface area (Å²) in [5.74, 6) is -0.0226. The first-order valence-corrected chi connectivity index (χ1v) is 9.51. The number of carbonyl (C=O) groups excluding carboxylic acids is 1. The van der Waals surface area contributed by atoms with Gasteiger partial charge in [-0.15, -0.1) is 0 Å². The molecule has 0 radical (unpaired) electrons. The second kappa shape index (κ2) is 7.24. The van der Waals surface area contributed by atoms with Gasteiger partial charge in [0.15, 0.2) is 5.65 Å². The first-order chi connectivity index (χ1) is 13.4. The minimum atomic E-state index is -0.0226. The van der Waals surface area contributed by atoms with E-state index in [-0.39, 0.29) is 5.91 Å². The molecule has 7 nitrogen and oxygen atoms in total. The van der Waals surface area contributed by atoms with Gasteiger partial charge in [-0.05, 0) is 44.9 Å². The van der Waals surface area contributed by atoms with Crippen molar-refractivity contribution in [1.82, 2.24) is 29.3 Å². The Bertz CT molecular complexity index is 1190. The van der Waals surface area contributed by atoms with E-state index >= 15 is 0 Å². The third kappa shape index (κ3) is 3.57. The van der Waals surface area contributed by atoms with Crippen molar-refractivity contribution in [3.8, 4) is 0 Å².